The number of aliphatic hydroxyl groups excluding tert-OH is 1. The highest BCUT2D eigenvalue weighted by molar-refractivity contribution is 7.91. The Morgan fingerprint density at radius 2 is 2.11 bits per heavy atom. The van der Waals surface area contributed by atoms with Gasteiger partial charge in [0.25, 0.3) is 0 Å². The first-order chi connectivity index (χ1) is 8.30. The maximum Gasteiger partial charge on any atom is 0.218 e. The topological polar surface area (TPSA) is 101 Å². The van der Waals surface area contributed by atoms with Crippen molar-refractivity contribution in [3.05, 3.63) is 0 Å². The van der Waals surface area contributed by atoms with Crippen LogP contribution in [-0.2, 0) is 14.6 Å². The number of piperidine rings is 1. The lowest BCUT2D eigenvalue weighted by Crippen LogP contribution is -2.44. The van der Waals surface area contributed by atoms with Gasteiger partial charge >= 0.3 is 0 Å². The number of carbonyl (C=O) groups excluding carboxylic acids is 1. The van der Waals surface area contributed by atoms with E-state index < -0.39 is 15.7 Å². The molecule has 106 valence electrons. The summed E-state index contributed by atoms with van der Waals surface area (Å²) in [7, 11) is -3.23. The predicted octanol–water partition coefficient (Wildman–Crippen LogP) is -1.02. The van der Waals surface area contributed by atoms with Crippen LogP contribution in [0.4, 0.5) is 0 Å². The monoisotopic (exact) mass is 278 g/mol. The SMILES string of the molecule is CC1CCN(CCS(=O)(=O)CCC(N)=O)CC1O. The Labute approximate surface area is 108 Å². The lowest BCUT2D eigenvalue weighted by Gasteiger charge is -2.34. The number of carbonyl (C=O) groups is 1. The molecule has 1 saturated heterocycles. The summed E-state index contributed by atoms with van der Waals surface area (Å²) in [6, 6.07) is 0. The molecule has 1 amide bonds. The molecule has 18 heavy (non-hydrogen) atoms. The number of amides is 1. The number of β-amino-alcohol motifs (C(OH)–C–C–N with tert-alkyl or cyclic N) is 1. The van der Waals surface area contributed by atoms with Gasteiger partial charge in [0.2, 0.25) is 5.91 Å². The third-order valence-corrected chi connectivity index (χ3v) is 5.01. The molecule has 0 aromatic carbocycles. The van der Waals surface area contributed by atoms with Crippen molar-refractivity contribution in [3.8, 4) is 0 Å². The molecule has 1 aliphatic heterocycles. The summed E-state index contributed by atoms with van der Waals surface area (Å²) >= 11 is 0. The summed E-state index contributed by atoms with van der Waals surface area (Å²) in [4.78, 5) is 12.5. The maximum absolute atomic E-state index is 11.6. The van der Waals surface area contributed by atoms with Crippen LogP contribution in [0.3, 0.4) is 0 Å². The molecule has 2 atom stereocenters. The van der Waals surface area contributed by atoms with Crippen LogP contribution in [-0.4, -0.2) is 61.6 Å². The van der Waals surface area contributed by atoms with Gasteiger partial charge in [0.05, 0.1) is 17.6 Å². The third kappa shape index (κ3) is 5.32. The van der Waals surface area contributed by atoms with E-state index in [0.717, 1.165) is 13.0 Å². The molecule has 0 radical (unpaired) electrons. The Morgan fingerprint density at radius 1 is 1.44 bits per heavy atom. The van der Waals surface area contributed by atoms with Crippen molar-refractivity contribution >= 4 is 15.7 Å². The molecule has 1 heterocycles. The second-order valence-corrected chi connectivity index (χ2v) is 7.31. The number of hydrogen-bond donors (Lipinski definition) is 2. The van der Waals surface area contributed by atoms with Crippen molar-refractivity contribution in [2.75, 3.05) is 31.1 Å². The fraction of sp³-hybridized carbons (Fsp3) is 0.909. The van der Waals surface area contributed by atoms with Crippen molar-refractivity contribution in [3.63, 3.8) is 0 Å². The Hall–Kier alpha value is -0.660. The van der Waals surface area contributed by atoms with E-state index in [1.165, 1.54) is 0 Å². The quantitative estimate of drug-likeness (QED) is 0.647. The molecule has 6 nitrogen and oxygen atoms in total. The number of sulfone groups is 1. The molecule has 2 unspecified atom stereocenters. The largest absolute Gasteiger partial charge is 0.392 e. The van der Waals surface area contributed by atoms with Crippen LogP contribution in [0.15, 0.2) is 0 Å². The lowest BCUT2D eigenvalue weighted by atomic mass is 9.96. The third-order valence-electron chi connectivity index (χ3n) is 3.38. The molecule has 1 fully saturated rings. The number of primary amides is 1. The van der Waals surface area contributed by atoms with Crippen LogP contribution < -0.4 is 5.73 Å². The van der Waals surface area contributed by atoms with E-state index >= 15 is 0 Å². The van der Waals surface area contributed by atoms with Crippen LogP contribution in [0, 0.1) is 5.92 Å². The van der Waals surface area contributed by atoms with Crippen molar-refractivity contribution in [1.29, 1.82) is 0 Å². The van der Waals surface area contributed by atoms with Gasteiger partial charge in [-0.1, -0.05) is 6.92 Å². The second-order valence-electron chi connectivity index (χ2n) is 5.00. The van der Waals surface area contributed by atoms with E-state index in [0.29, 0.717) is 13.1 Å². The van der Waals surface area contributed by atoms with Gasteiger partial charge in [-0.15, -0.1) is 0 Å². The molecule has 0 aromatic rings. The molecule has 1 rings (SSSR count). The Kier molecular flexibility index (Phi) is 5.55. The highest BCUT2D eigenvalue weighted by Gasteiger charge is 2.25. The van der Waals surface area contributed by atoms with Crippen molar-refractivity contribution in [2.45, 2.75) is 25.9 Å². The Balaban J connectivity index is 2.34. The van der Waals surface area contributed by atoms with Crippen LogP contribution in [0.2, 0.25) is 0 Å². The molecule has 0 aromatic heterocycles. The second kappa shape index (κ2) is 6.49. The highest BCUT2D eigenvalue weighted by Crippen LogP contribution is 2.16. The summed E-state index contributed by atoms with van der Waals surface area (Å²) in [5.74, 6) is -0.496. The first-order valence-corrected chi connectivity index (χ1v) is 8.01. The molecule has 0 spiro atoms. The minimum absolute atomic E-state index is 0.0153. The molecule has 0 bridgehead atoms. The molecule has 7 heteroatoms. The molecule has 0 saturated carbocycles. The average Bonchev–Trinajstić information content (AvgIpc) is 2.28. The van der Waals surface area contributed by atoms with Gasteiger partial charge in [0, 0.05) is 19.5 Å². The van der Waals surface area contributed by atoms with Crippen LogP contribution in [0.1, 0.15) is 19.8 Å². The number of hydrogen-bond acceptors (Lipinski definition) is 5. The molecule has 3 N–H and O–H groups in total. The maximum atomic E-state index is 11.6. The smallest absolute Gasteiger partial charge is 0.218 e. The Morgan fingerprint density at radius 3 is 2.67 bits per heavy atom. The van der Waals surface area contributed by atoms with Crippen molar-refractivity contribution in [1.82, 2.24) is 4.90 Å². The standard InChI is InChI=1S/C11H22N2O4S/c1-9-2-4-13(8-10(9)14)5-7-18(16,17)6-3-11(12)15/h9-10,14H,2-8H2,1H3,(H2,12,15). The van der Waals surface area contributed by atoms with Gasteiger partial charge < -0.3 is 10.8 Å². The van der Waals surface area contributed by atoms with Crippen LogP contribution in [0.5, 0.6) is 0 Å². The molecule has 0 aliphatic carbocycles. The van der Waals surface area contributed by atoms with Gasteiger partial charge in [-0.2, -0.15) is 0 Å². The van der Waals surface area contributed by atoms with Gasteiger partial charge in [0.15, 0.2) is 9.84 Å². The number of nitrogens with zero attached hydrogens (tertiary/aromatic N) is 1. The average molecular weight is 278 g/mol. The van der Waals surface area contributed by atoms with E-state index in [1.807, 2.05) is 11.8 Å². The van der Waals surface area contributed by atoms with E-state index in [4.69, 9.17) is 5.73 Å². The minimum atomic E-state index is -3.23. The molecular weight excluding hydrogens is 256 g/mol. The van der Waals surface area contributed by atoms with E-state index in [9.17, 15) is 18.3 Å². The number of rotatable bonds is 6. The fourth-order valence-electron chi connectivity index (χ4n) is 1.94. The predicted molar refractivity (Wildman–Crippen MR) is 68.7 cm³/mol. The van der Waals surface area contributed by atoms with Crippen molar-refractivity contribution < 1.29 is 18.3 Å². The highest BCUT2D eigenvalue weighted by atomic mass is 32.2. The van der Waals surface area contributed by atoms with Gasteiger partial charge in [0.1, 0.15) is 0 Å². The summed E-state index contributed by atoms with van der Waals surface area (Å²) in [6.45, 7) is 3.73. The van der Waals surface area contributed by atoms with E-state index in [2.05, 4.69) is 0 Å². The first kappa shape index (κ1) is 15.4. The minimum Gasteiger partial charge on any atom is -0.392 e. The summed E-state index contributed by atoms with van der Waals surface area (Å²) in [6.07, 6.45) is 0.372. The zero-order valence-electron chi connectivity index (χ0n) is 10.7. The normalized spacial score (nSPS) is 26.1. The number of nitrogens with two attached hydrogens (primary N) is 1. The summed E-state index contributed by atoms with van der Waals surface area (Å²) in [5, 5.41) is 9.70. The Bertz CT molecular complexity index is 383. The van der Waals surface area contributed by atoms with Gasteiger partial charge in [-0.3, -0.25) is 9.69 Å². The summed E-state index contributed by atoms with van der Waals surface area (Å²) < 4.78 is 23.3. The zero-order valence-corrected chi connectivity index (χ0v) is 11.5. The fourth-order valence-corrected chi connectivity index (χ4v) is 3.20. The van der Waals surface area contributed by atoms with Crippen LogP contribution >= 0.6 is 0 Å². The van der Waals surface area contributed by atoms with Gasteiger partial charge in [-0.05, 0) is 18.9 Å². The van der Waals surface area contributed by atoms with Crippen molar-refractivity contribution in [2.24, 2.45) is 11.7 Å². The summed E-state index contributed by atoms with van der Waals surface area (Å²) in [5.41, 5.74) is 4.93. The lowest BCUT2D eigenvalue weighted by molar-refractivity contribution is -0.117. The zero-order chi connectivity index (χ0) is 13.8. The van der Waals surface area contributed by atoms with Gasteiger partial charge in [-0.25, -0.2) is 8.42 Å². The molecule has 1 aliphatic rings. The number of aliphatic hydroxyl groups is 1. The first-order valence-electron chi connectivity index (χ1n) is 6.19. The van der Waals surface area contributed by atoms with E-state index in [1.54, 1.807) is 0 Å². The van der Waals surface area contributed by atoms with Crippen LogP contribution in [0.25, 0.3) is 0 Å². The van der Waals surface area contributed by atoms with E-state index in [-0.39, 0.29) is 29.9 Å². The number of likely N-dealkylation sites (tertiary alicyclic amines) is 1. The molecular formula is C11H22N2O4S.